The van der Waals surface area contributed by atoms with Crippen molar-refractivity contribution in [1.29, 1.82) is 0 Å². The van der Waals surface area contributed by atoms with Crippen LogP contribution in [0, 0.1) is 5.92 Å². The minimum atomic E-state index is -4.31. The van der Waals surface area contributed by atoms with E-state index in [4.69, 9.17) is 0 Å². The van der Waals surface area contributed by atoms with Crippen LogP contribution in [0.5, 0.6) is 0 Å². The van der Waals surface area contributed by atoms with Crippen molar-refractivity contribution in [2.75, 3.05) is 39.3 Å². The largest absolute Gasteiger partial charge is 0.416 e. The van der Waals surface area contributed by atoms with Crippen LogP contribution in [0.2, 0.25) is 0 Å². The molecule has 0 saturated carbocycles. The summed E-state index contributed by atoms with van der Waals surface area (Å²) in [6, 6.07) is 5.49. The van der Waals surface area contributed by atoms with Gasteiger partial charge < -0.3 is 10.2 Å². The summed E-state index contributed by atoms with van der Waals surface area (Å²) in [4.78, 5) is 16.6. The van der Waals surface area contributed by atoms with Crippen LogP contribution in [-0.2, 0) is 17.5 Å². The zero-order valence-electron chi connectivity index (χ0n) is 14.6. The molecule has 0 atom stereocenters. The molecule has 2 heterocycles. The van der Waals surface area contributed by atoms with E-state index in [-0.39, 0.29) is 24.2 Å². The van der Waals surface area contributed by atoms with Crippen LogP contribution >= 0.6 is 12.4 Å². The first-order valence-corrected chi connectivity index (χ1v) is 8.81. The molecule has 146 valence electrons. The number of carbonyl (C=O) groups is 1. The van der Waals surface area contributed by atoms with Gasteiger partial charge in [-0.15, -0.1) is 12.4 Å². The smallest absolute Gasteiger partial charge is 0.340 e. The van der Waals surface area contributed by atoms with E-state index in [1.54, 1.807) is 6.07 Å². The predicted molar refractivity (Wildman–Crippen MR) is 96.1 cm³/mol. The van der Waals surface area contributed by atoms with E-state index in [0.717, 1.165) is 32.0 Å². The number of alkyl halides is 3. The van der Waals surface area contributed by atoms with Crippen LogP contribution in [0.15, 0.2) is 24.3 Å². The molecule has 2 saturated heterocycles. The molecule has 4 nitrogen and oxygen atoms in total. The minimum Gasteiger partial charge on any atom is -0.340 e. The average molecular weight is 392 g/mol. The number of carbonyl (C=O) groups excluding carboxylic acids is 1. The van der Waals surface area contributed by atoms with Crippen LogP contribution in [0.25, 0.3) is 0 Å². The fourth-order valence-corrected chi connectivity index (χ4v) is 3.56. The molecule has 1 aromatic rings. The van der Waals surface area contributed by atoms with Crippen molar-refractivity contribution in [3.05, 3.63) is 35.4 Å². The molecule has 2 fully saturated rings. The molecule has 3 rings (SSSR count). The maximum absolute atomic E-state index is 12.8. The molecule has 0 bridgehead atoms. The summed E-state index contributed by atoms with van der Waals surface area (Å²) in [7, 11) is 0. The number of nitrogens with one attached hydrogen (secondary N) is 1. The Bertz CT molecular complexity index is 598. The molecule has 26 heavy (non-hydrogen) atoms. The molecule has 0 aliphatic carbocycles. The van der Waals surface area contributed by atoms with Gasteiger partial charge in [0.25, 0.3) is 0 Å². The van der Waals surface area contributed by atoms with Crippen LogP contribution in [0.1, 0.15) is 24.0 Å². The zero-order valence-corrected chi connectivity index (χ0v) is 15.4. The number of hydrogen-bond donors (Lipinski definition) is 1. The van der Waals surface area contributed by atoms with Crippen LogP contribution < -0.4 is 5.32 Å². The van der Waals surface area contributed by atoms with Crippen LogP contribution in [0.4, 0.5) is 13.2 Å². The summed E-state index contributed by atoms with van der Waals surface area (Å²) >= 11 is 0. The van der Waals surface area contributed by atoms with Crippen molar-refractivity contribution < 1.29 is 18.0 Å². The van der Waals surface area contributed by atoms with Crippen LogP contribution in [0.3, 0.4) is 0 Å². The predicted octanol–water partition coefficient (Wildman–Crippen LogP) is 2.77. The second-order valence-corrected chi connectivity index (χ2v) is 6.82. The monoisotopic (exact) mass is 391 g/mol. The molecule has 1 N–H and O–H groups in total. The van der Waals surface area contributed by atoms with E-state index in [9.17, 15) is 18.0 Å². The quantitative estimate of drug-likeness (QED) is 0.860. The first-order valence-electron chi connectivity index (χ1n) is 8.81. The van der Waals surface area contributed by atoms with Gasteiger partial charge in [0, 0.05) is 38.6 Å². The Labute approximate surface area is 158 Å². The first kappa shape index (κ1) is 21.0. The number of hydrogen-bond acceptors (Lipinski definition) is 3. The third-order valence-corrected chi connectivity index (χ3v) is 5.03. The van der Waals surface area contributed by atoms with E-state index in [1.165, 1.54) is 12.1 Å². The van der Waals surface area contributed by atoms with Gasteiger partial charge in [-0.25, -0.2) is 0 Å². The summed E-state index contributed by atoms with van der Waals surface area (Å²) in [5, 5.41) is 3.26. The standard InChI is InChI=1S/C18H24F3N3O.ClH/c19-18(20,21)16-3-1-2-14(12-16)13-23-8-10-24(11-9-23)17(25)15-4-6-22-7-5-15;/h1-3,12,15,22H,4-11,13H2;1H. The number of amides is 1. The van der Waals surface area contributed by atoms with Crippen molar-refractivity contribution in [3.63, 3.8) is 0 Å². The number of piperidine rings is 1. The SMILES string of the molecule is Cl.O=C(C1CCNCC1)N1CCN(Cc2cccc(C(F)(F)F)c2)CC1. The molecule has 8 heteroatoms. The van der Waals surface area contributed by atoms with Crippen molar-refractivity contribution in [3.8, 4) is 0 Å². The number of piperazine rings is 1. The maximum Gasteiger partial charge on any atom is 0.416 e. The maximum atomic E-state index is 12.8. The topological polar surface area (TPSA) is 35.6 Å². The van der Waals surface area contributed by atoms with Crippen molar-refractivity contribution in [2.24, 2.45) is 5.92 Å². The van der Waals surface area contributed by atoms with Crippen molar-refractivity contribution >= 4 is 18.3 Å². The van der Waals surface area contributed by atoms with Gasteiger partial charge in [0.15, 0.2) is 0 Å². The molecular weight excluding hydrogens is 367 g/mol. The van der Waals surface area contributed by atoms with Crippen molar-refractivity contribution in [1.82, 2.24) is 15.1 Å². The molecule has 0 aromatic heterocycles. The third-order valence-electron chi connectivity index (χ3n) is 5.03. The van der Waals surface area contributed by atoms with Gasteiger partial charge in [-0.2, -0.15) is 13.2 Å². The lowest BCUT2D eigenvalue weighted by atomic mass is 9.96. The lowest BCUT2D eigenvalue weighted by Gasteiger charge is -2.37. The lowest BCUT2D eigenvalue weighted by molar-refractivity contribution is -0.139. The second-order valence-electron chi connectivity index (χ2n) is 6.82. The van der Waals surface area contributed by atoms with E-state index in [1.807, 2.05) is 4.90 Å². The normalized spacial score (nSPS) is 19.9. The summed E-state index contributed by atoms with van der Waals surface area (Å²) in [6.07, 6.45) is -2.53. The molecule has 0 spiro atoms. The Hall–Kier alpha value is -1.31. The van der Waals surface area contributed by atoms with Gasteiger partial charge in [-0.1, -0.05) is 18.2 Å². The molecule has 2 aliphatic heterocycles. The van der Waals surface area contributed by atoms with E-state index in [2.05, 4.69) is 10.2 Å². The molecule has 1 amide bonds. The third kappa shape index (κ3) is 5.34. The van der Waals surface area contributed by atoms with E-state index >= 15 is 0 Å². The summed E-state index contributed by atoms with van der Waals surface area (Å²) in [6.45, 7) is 4.99. The van der Waals surface area contributed by atoms with Gasteiger partial charge in [0.05, 0.1) is 5.56 Å². The summed E-state index contributed by atoms with van der Waals surface area (Å²) < 4.78 is 38.4. The Kier molecular flexibility index (Phi) is 7.32. The number of rotatable bonds is 3. The number of halogens is 4. The van der Waals surface area contributed by atoms with E-state index < -0.39 is 11.7 Å². The second kappa shape index (κ2) is 9.06. The summed E-state index contributed by atoms with van der Waals surface area (Å²) in [5.41, 5.74) is 0.0534. The Morgan fingerprint density at radius 2 is 1.77 bits per heavy atom. The average Bonchev–Trinajstić information content (AvgIpc) is 2.62. The highest BCUT2D eigenvalue weighted by atomic mass is 35.5. The number of nitrogens with zero attached hydrogens (tertiary/aromatic N) is 2. The fourth-order valence-electron chi connectivity index (χ4n) is 3.56. The lowest BCUT2D eigenvalue weighted by Crippen LogP contribution is -2.51. The van der Waals surface area contributed by atoms with Gasteiger partial charge in [0.1, 0.15) is 0 Å². The summed E-state index contributed by atoms with van der Waals surface area (Å²) in [5.74, 6) is 0.358. The first-order chi connectivity index (χ1) is 11.9. The minimum absolute atomic E-state index is 0. The molecule has 0 radical (unpaired) electrons. The Morgan fingerprint density at radius 3 is 2.38 bits per heavy atom. The molecule has 2 aliphatic rings. The molecule has 0 unspecified atom stereocenters. The fraction of sp³-hybridized carbons (Fsp3) is 0.611. The van der Waals surface area contributed by atoms with E-state index in [0.29, 0.717) is 38.3 Å². The number of benzene rings is 1. The Balaban J connectivity index is 0.00000243. The zero-order chi connectivity index (χ0) is 17.9. The van der Waals surface area contributed by atoms with Crippen molar-refractivity contribution in [2.45, 2.75) is 25.6 Å². The highest BCUT2D eigenvalue weighted by molar-refractivity contribution is 5.85. The highest BCUT2D eigenvalue weighted by Gasteiger charge is 2.31. The Morgan fingerprint density at radius 1 is 1.12 bits per heavy atom. The molecule has 1 aromatic carbocycles. The highest BCUT2D eigenvalue weighted by Crippen LogP contribution is 2.29. The van der Waals surface area contributed by atoms with Gasteiger partial charge in [-0.3, -0.25) is 9.69 Å². The van der Waals surface area contributed by atoms with Crippen LogP contribution in [-0.4, -0.2) is 55.0 Å². The van der Waals surface area contributed by atoms with Gasteiger partial charge >= 0.3 is 6.18 Å². The van der Waals surface area contributed by atoms with Gasteiger partial charge in [0.2, 0.25) is 5.91 Å². The molecular formula is C18H25ClF3N3O. The van der Waals surface area contributed by atoms with Gasteiger partial charge in [-0.05, 0) is 37.6 Å².